The van der Waals surface area contributed by atoms with Gasteiger partial charge in [-0.3, -0.25) is 4.99 Å². The third-order valence-electron chi connectivity index (χ3n) is 7.73. The highest BCUT2D eigenvalue weighted by molar-refractivity contribution is 6.47. The van der Waals surface area contributed by atoms with Crippen LogP contribution in [0.3, 0.4) is 0 Å². The van der Waals surface area contributed by atoms with Crippen molar-refractivity contribution in [2.24, 2.45) is 9.98 Å². The molecule has 0 aliphatic carbocycles. The minimum absolute atomic E-state index is 0.955. The monoisotopic (exact) mass is 542 g/mol. The third kappa shape index (κ3) is 11.9. The number of unbranched alkanes of at least 4 members (excludes halogenated alkanes) is 6. The van der Waals surface area contributed by atoms with Crippen LogP contribution in [0.25, 0.3) is 0 Å². The predicted octanol–water partition coefficient (Wildman–Crippen LogP) is 12.1. The first-order valence-corrected chi connectivity index (χ1v) is 16.6. The summed E-state index contributed by atoms with van der Waals surface area (Å²) in [5.41, 5.74) is 10.2. The fraction of sp³-hybridized carbons (Fsp3) is 0.579. The Morgan fingerprint density at radius 2 is 1.00 bits per heavy atom. The van der Waals surface area contributed by atoms with Gasteiger partial charge in [-0.05, 0) is 124 Å². The van der Waals surface area contributed by atoms with Crippen molar-refractivity contribution in [1.82, 2.24) is 0 Å². The molecule has 2 rings (SSSR count). The maximum absolute atomic E-state index is 5.30. The molecule has 0 bridgehead atoms. The van der Waals surface area contributed by atoms with Gasteiger partial charge in [-0.25, -0.2) is 4.99 Å². The first-order valence-electron chi connectivity index (χ1n) is 16.6. The molecule has 0 N–H and O–H groups in total. The second-order valence-corrected chi connectivity index (χ2v) is 11.3. The maximum atomic E-state index is 5.30. The zero-order valence-electron chi connectivity index (χ0n) is 26.8. The average molecular weight is 543 g/mol. The van der Waals surface area contributed by atoms with Crippen LogP contribution in [0.2, 0.25) is 0 Å². The van der Waals surface area contributed by atoms with E-state index >= 15 is 0 Å². The van der Waals surface area contributed by atoms with E-state index < -0.39 is 0 Å². The van der Waals surface area contributed by atoms with E-state index in [0.717, 1.165) is 48.5 Å². The Kier molecular flexibility index (Phi) is 17.2. The van der Waals surface area contributed by atoms with Crippen molar-refractivity contribution >= 4 is 22.8 Å². The summed E-state index contributed by atoms with van der Waals surface area (Å²) >= 11 is 0. The molecule has 0 aliphatic rings. The van der Waals surface area contributed by atoms with Gasteiger partial charge in [-0.1, -0.05) is 91.4 Å². The Morgan fingerprint density at radius 1 is 0.550 bits per heavy atom. The summed E-state index contributed by atoms with van der Waals surface area (Å²) in [4.78, 5) is 10.5. The number of hydrogen-bond donors (Lipinski definition) is 0. The standard InChI is InChI=1S/C38H58N2/c1-7-13-18-24-38(40-36-28-26-32(21-15-9-3)34(30-36)23-17-11-5)37(19-12-6)39-35-27-25-31(20-14-8-2)33(29-35)22-16-10-4/h12,19,25-30H,7-11,13-18,20-24H2,1-6H3/b19-12-,39-37?,40-38?. The number of aryl methyl sites for hydroxylation is 4. The van der Waals surface area contributed by atoms with E-state index in [-0.39, 0.29) is 0 Å². The molecule has 0 atom stereocenters. The number of rotatable bonds is 20. The Labute approximate surface area is 247 Å². The number of allylic oxidation sites excluding steroid dienone is 2. The lowest BCUT2D eigenvalue weighted by Gasteiger charge is -2.13. The van der Waals surface area contributed by atoms with Gasteiger partial charge in [0.2, 0.25) is 0 Å². The number of hydrogen-bond acceptors (Lipinski definition) is 2. The Morgan fingerprint density at radius 3 is 1.45 bits per heavy atom. The third-order valence-corrected chi connectivity index (χ3v) is 7.73. The van der Waals surface area contributed by atoms with Crippen LogP contribution in [0.1, 0.15) is 141 Å². The van der Waals surface area contributed by atoms with E-state index in [1.165, 1.54) is 99.3 Å². The van der Waals surface area contributed by atoms with Gasteiger partial charge in [-0.2, -0.15) is 0 Å². The summed E-state index contributed by atoms with van der Waals surface area (Å²) in [6, 6.07) is 13.8. The van der Waals surface area contributed by atoms with Crippen LogP contribution < -0.4 is 0 Å². The lowest BCUT2D eigenvalue weighted by atomic mass is 9.97. The predicted molar refractivity (Wildman–Crippen MR) is 180 cm³/mol. The molecule has 0 aliphatic heterocycles. The molecule has 0 aromatic heterocycles. The molecule has 2 heteroatoms. The first kappa shape index (κ1) is 33.7. The number of aliphatic imine (C=N–C) groups is 2. The molecular formula is C38H58N2. The van der Waals surface area contributed by atoms with Crippen LogP contribution in [0.5, 0.6) is 0 Å². The molecule has 0 amide bonds. The van der Waals surface area contributed by atoms with Gasteiger partial charge in [0, 0.05) is 0 Å². The van der Waals surface area contributed by atoms with Crippen molar-refractivity contribution < 1.29 is 0 Å². The summed E-state index contributed by atoms with van der Waals surface area (Å²) in [5.74, 6) is 0. The fourth-order valence-corrected chi connectivity index (χ4v) is 5.22. The van der Waals surface area contributed by atoms with Crippen LogP contribution in [0.15, 0.2) is 58.5 Å². The van der Waals surface area contributed by atoms with Crippen molar-refractivity contribution in [2.75, 3.05) is 0 Å². The highest BCUT2D eigenvalue weighted by atomic mass is 14.8. The van der Waals surface area contributed by atoms with Crippen LogP contribution in [0.4, 0.5) is 11.4 Å². The molecule has 0 radical (unpaired) electrons. The van der Waals surface area contributed by atoms with E-state index in [0.29, 0.717) is 0 Å². The Hall–Kier alpha value is -2.48. The highest BCUT2D eigenvalue weighted by Crippen LogP contribution is 2.26. The van der Waals surface area contributed by atoms with E-state index in [9.17, 15) is 0 Å². The summed E-state index contributed by atoms with van der Waals surface area (Å²) < 4.78 is 0. The van der Waals surface area contributed by atoms with E-state index in [2.05, 4.69) is 90.1 Å². The molecule has 2 aromatic carbocycles. The van der Waals surface area contributed by atoms with Crippen molar-refractivity contribution in [3.05, 3.63) is 70.8 Å². The molecule has 2 nitrogen and oxygen atoms in total. The zero-order valence-corrected chi connectivity index (χ0v) is 26.8. The second-order valence-electron chi connectivity index (χ2n) is 11.3. The van der Waals surface area contributed by atoms with Gasteiger partial charge in [0.05, 0.1) is 22.8 Å². The normalized spacial score (nSPS) is 12.6. The van der Waals surface area contributed by atoms with E-state index in [4.69, 9.17) is 9.98 Å². The molecule has 0 fully saturated rings. The zero-order chi connectivity index (χ0) is 29.0. The minimum atomic E-state index is 0.955. The summed E-state index contributed by atoms with van der Waals surface area (Å²) in [6.45, 7) is 13.5. The van der Waals surface area contributed by atoms with E-state index in [1.807, 2.05) is 0 Å². The molecular weight excluding hydrogens is 484 g/mol. The molecule has 0 saturated carbocycles. The van der Waals surface area contributed by atoms with Crippen molar-refractivity contribution in [3.8, 4) is 0 Å². The number of nitrogens with zero attached hydrogens (tertiary/aromatic N) is 2. The molecule has 0 unspecified atom stereocenters. The summed E-state index contributed by atoms with van der Waals surface area (Å²) in [7, 11) is 0. The Balaban J connectivity index is 2.53. The maximum Gasteiger partial charge on any atom is 0.0848 e. The van der Waals surface area contributed by atoms with Crippen LogP contribution in [-0.4, -0.2) is 11.4 Å². The van der Waals surface area contributed by atoms with E-state index in [1.54, 1.807) is 0 Å². The van der Waals surface area contributed by atoms with Gasteiger partial charge < -0.3 is 0 Å². The Bertz CT molecular complexity index is 1070. The van der Waals surface area contributed by atoms with Gasteiger partial charge in [0.15, 0.2) is 0 Å². The SMILES string of the molecule is C/C=C\C(=Nc1ccc(CCCC)c(CCCC)c1)C(CCCCC)=Nc1ccc(CCCC)c(CCCC)c1. The number of benzene rings is 2. The fourth-order valence-electron chi connectivity index (χ4n) is 5.22. The topological polar surface area (TPSA) is 24.7 Å². The van der Waals surface area contributed by atoms with Gasteiger partial charge in [0.25, 0.3) is 0 Å². The lowest BCUT2D eigenvalue weighted by Crippen LogP contribution is -2.12. The van der Waals surface area contributed by atoms with Crippen molar-refractivity contribution in [3.63, 3.8) is 0 Å². The molecule has 220 valence electrons. The van der Waals surface area contributed by atoms with Gasteiger partial charge in [-0.15, -0.1) is 0 Å². The summed E-state index contributed by atoms with van der Waals surface area (Å²) in [6.07, 6.45) is 23.3. The average Bonchev–Trinajstić information content (AvgIpc) is 2.97. The van der Waals surface area contributed by atoms with Crippen LogP contribution in [0, 0.1) is 0 Å². The molecule has 40 heavy (non-hydrogen) atoms. The highest BCUT2D eigenvalue weighted by Gasteiger charge is 2.11. The molecule has 0 heterocycles. The quantitative estimate of drug-likeness (QED) is 0.117. The smallest absolute Gasteiger partial charge is 0.0848 e. The minimum Gasteiger partial charge on any atom is -0.251 e. The molecule has 0 spiro atoms. The molecule has 2 aromatic rings. The first-order chi connectivity index (χ1) is 19.6. The summed E-state index contributed by atoms with van der Waals surface area (Å²) in [5, 5.41) is 0. The van der Waals surface area contributed by atoms with Crippen molar-refractivity contribution in [2.45, 2.75) is 144 Å². The molecule has 0 saturated heterocycles. The van der Waals surface area contributed by atoms with Gasteiger partial charge in [0.1, 0.15) is 0 Å². The van der Waals surface area contributed by atoms with Crippen LogP contribution >= 0.6 is 0 Å². The van der Waals surface area contributed by atoms with Gasteiger partial charge >= 0.3 is 0 Å². The lowest BCUT2D eigenvalue weighted by molar-refractivity contribution is 0.744. The largest absolute Gasteiger partial charge is 0.251 e. The van der Waals surface area contributed by atoms with Crippen molar-refractivity contribution in [1.29, 1.82) is 0 Å². The van der Waals surface area contributed by atoms with Crippen LogP contribution in [-0.2, 0) is 25.7 Å². The second kappa shape index (κ2) is 20.4.